The maximum Gasteiger partial charge on any atom is 0.256 e. The summed E-state index contributed by atoms with van der Waals surface area (Å²) in [6.07, 6.45) is 7.14. The molecule has 2 aliphatic rings. The van der Waals surface area contributed by atoms with E-state index in [1.165, 1.54) is 12.8 Å². The van der Waals surface area contributed by atoms with Gasteiger partial charge in [-0.25, -0.2) is 0 Å². The number of carbonyl (C=O) groups excluding carboxylic acids is 1. The highest BCUT2D eigenvalue weighted by Crippen LogP contribution is 2.38. The number of para-hydroxylation sites is 1. The Balaban J connectivity index is 1.56. The Morgan fingerprint density at radius 3 is 2.84 bits per heavy atom. The van der Waals surface area contributed by atoms with Crippen LogP contribution in [0.5, 0.6) is 0 Å². The number of aromatic nitrogens is 2. The second kappa shape index (κ2) is 5.66. The summed E-state index contributed by atoms with van der Waals surface area (Å²) < 4.78 is 0. The van der Waals surface area contributed by atoms with Crippen molar-refractivity contribution in [3.63, 3.8) is 0 Å². The highest BCUT2D eigenvalue weighted by molar-refractivity contribution is 6.00. The number of nitrogens with zero attached hydrogens (tertiary/aromatic N) is 3. The van der Waals surface area contributed by atoms with E-state index in [1.807, 2.05) is 42.6 Å². The molecule has 4 nitrogen and oxygen atoms in total. The van der Waals surface area contributed by atoms with Crippen LogP contribution in [0.2, 0.25) is 0 Å². The number of pyridine rings is 2. The van der Waals surface area contributed by atoms with Gasteiger partial charge in [0.25, 0.3) is 5.91 Å². The summed E-state index contributed by atoms with van der Waals surface area (Å²) in [5, 5.41) is 1.06. The van der Waals surface area contributed by atoms with Crippen LogP contribution in [0, 0.1) is 5.92 Å². The maximum atomic E-state index is 13.2. The van der Waals surface area contributed by atoms with Gasteiger partial charge in [0.2, 0.25) is 0 Å². The summed E-state index contributed by atoms with van der Waals surface area (Å²) >= 11 is 0. The van der Waals surface area contributed by atoms with E-state index in [0.29, 0.717) is 17.5 Å². The summed E-state index contributed by atoms with van der Waals surface area (Å²) in [6, 6.07) is 14.2. The fourth-order valence-corrected chi connectivity index (χ4v) is 4.34. The summed E-state index contributed by atoms with van der Waals surface area (Å²) in [5.74, 6) is 0.805. The molecule has 25 heavy (non-hydrogen) atoms. The molecule has 1 saturated carbocycles. The molecule has 0 spiro atoms. The highest BCUT2D eigenvalue weighted by atomic mass is 16.2. The zero-order valence-electron chi connectivity index (χ0n) is 13.9. The summed E-state index contributed by atoms with van der Waals surface area (Å²) in [7, 11) is 0. The Morgan fingerprint density at radius 1 is 1.08 bits per heavy atom. The molecular weight excluding hydrogens is 310 g/mol. The molecule has 3 heterocycles. The van der Waals surface area contributed by atoms with Crippen molar-refractivity contribution >= 4 is 16.8 Å². The van der Waals surface area contributed by atoms with Gasteiger partial charge < -0.3 is 4.90 Å². The smallest absolute Gasteiger partial charge is 0.256 e. The number of piperidine rings is 1. The number of benzene rings is 1. The molecule has 4 heteroatoms. The van der Waals surface area contributed by atoms with Crippen molar-refractivity contribution in [1.82, 2.24) is 14.9 Å². The number of carbonyl (C=O) groups is 1. The lowest BCUT2D eigenvalue weighted by Crippen LogP contribution is -2.37. The number of hydrogen-bond acceptors (Lipinski definition) is 3. The van der Waals surface area contributed by atoms with E-state index in [0.717, 1.165) is 35.1 Å². The zero-order chi connectivity index (χ0) is 16.8. The number of amides is 1. The van der Waals surface area contributed by atoms with Gasteiger partial charge in [-0.3, -0.25) is 14.8 Å². The molecule has 1 aromatic carbocycles. The quantitative estimate of drug-likeness (QED) is 0.716. The molecule has 2 bridgehead atoms. The maximum absolute atomic E-state index is 13.2. The SMILES string of the molecule is O=C(c1cccnc1-c1cnc2ccccc2c1)N1C[C@H]2CC[C@@H]1C2. The summed E-state index contributed by atoms with van der Waals surface area (Å²) in [6.45, 7) is 0.897. The molecule has 0 N–H and O–H groups in total. The van der Waals surface area contributed by atoms with Gasteiger partial charge in [0.1, 0.15) is 0 Å². The molecule has 124 valence electrons. The molecule has 2 fully saturated rings. The molecular formula is C21H19N3O. The van der Waals surface area contributed by atoms with Crippen molar-refractivity contribution in [3.8, 4) is 11.3 Å². The van der Waals surface area contributed by atoms with Crippen LogP contribution in [-0.2, 0) is 0 Å². The van der Waals surface area contributed by atoms with Crippen LogP contribution in [0.1, 0.15) is 29.6 Å². The van der Waals surface area contributed by atoms with Gasteiger partial charge in [-0.05, 0) is 49.4 Å². The highest BCUT2D eigenvalue weighted by Gasteiger charge is 2.40. The molecule has 0 radical (unpaired) electrons. The van der Waals surface area contributed by atoms with Crippen LogP contribution in [0.25, 0.3) is 22.2 Å². The van der Waals surface area contributed by atoms with Crippen LogP contribution < -0.4 is 0 Å². The first-order valence-corrected chi connectivity index (χ1v) is 8.91. The summed E-state index contributed by atoms with van der Waals surface area (Å²) in [4.78, 5) is 24.3. The van der Waals surface area contributed by atoms with E-state index in [4.69, 9.17) is 0 Å². The van der Waals surface area contributed by atoms with E-state index in [9.17, 15) is 4.79 Å². The van der Waals surface area contributed by atoms with Gasteiger partial charge in [0, 0.05) is 35.9 Å². The minimum atomic E-state index is 0.114. The standard InChI is InChI=1S/C21H19N3O/c25-21(24-13-14-7-8-17(24)10-14)18-5-3-9-22-20(18)16-11-15-4-1-2-6-19(15)23-12-16/h1-6,9,11-12,14,17H,7-8,10,13H2/t14-,17+/m0/s1. The predicted molar refractivity (Wildman–Crippen MR) is 97.1 cm³/mol. The minimum Gasteiger partial charge on any atom is -0.335 e. The van der Waals surface area contributed by atoms with Gasteiger partial charge in [0.15, 0.2) is 0 Å². The molecule has 1 saturated heterocycles. The van der Waals surface area contributed by atoms with Crippen LogP contribution in [-0.4, -0.2) is 33.4 Å². The Bertz CT molecular complexity index is 968. The minimum absolute atomic E-state index is 0.114. The molecule has 1 aliphatic heterocycles. The van der Waals surface area contributed by atoms with Gasteiger partial charge in [-0.15, -0.1) is 0 Å². The van der Waals surface area contributed by atoms with Crippen molar-refractivity contribution in [2.75, 3.05) is 6.54 Å². The van der Waals surface area contributed by atoms with Crippen LogP contribution >= 0.6 is 0 Å². The van der Waals surface area contributed by atoms with Gasteiger partial charge in [-0.1, -0.05) is 18.2 Å². The van der Waals surface area contributed by atoms with Crippen molar-refractivity contribution in [3.05, 3.63) is 60.4 Å². The van der Waals surface area contributed by atoms with E-state index in [2.05, 4.69) is 20.9 Å². The lowest BCUT2D eigenvalue weighted by Gasteiger charge is -2.27. The molecule has 0 unspecified atom stereocenters. The normalized spacial score (nSPS) is 21.8. The number of likely N-dealkylation sites (tertiary alicyclic amines) is 1. The van der Waals surface area contributed by atoms with Gasteiger partial charge in [0.05, 0.1) is 16.8 Å². The monoisotopic (exact) mass is 329 g/mol. The first kappa shape index (κ1) is 14.6. The lowest BCUT2D eigenvalue weighted by molar-refractivity contribution is 0.0704. The van der Waals surface area contributed by atoms with E-state index in [-0.39, 0.29) is 5.91 Å². The molecule has 1 aliphatic carbocycles. The first-order chi connectivity index (χ1) is 12.3. The molecule has 1 amide bonds. The molecule has 3 aromatic rings. The van der Waals surface area contributed by atoms with Crippen LogP contribution in [0.15, 0.2) is 54.9 Å². The van der Waals surface area contributed by atoms with Gasteiger partial charge >= 0.3 is 0 Å². The average Bonchev–Trinajstić information content (AvgIpc) is 3.30. The number of rotatable bonds is 2. The number of hydrogen-bond donors (Lipinski definition) is 0. The van der Waals surface area contributed by atoms with E-state index < -0.39 is 0 Å². The fourth-order valence-electron chi connectivity index (χ4n) is 4.34. The van der Waals surface area contributed by atoms with Gasteiger partial charge in [-0.2, -0.15) is 0 Å². The summed E-state index contributed by atoms with van der Waals surface area (Å²) in [5.41, 5.74) is 3.26. The molecule has 2 atom stereocenters. The Kier molecular flexibility index (Phi) is 3.30. The van der Waals surface area contributed by atoms with Crippen LogP contribution in [0.3, 0.4) is 0 Å². The predicted octanol–water partition coefficient (Wildman–Crippen LogP) is 3.92. The van der Waals surface area contributed by atoms with Crippen molar-refractivity contribution in [1.29, 1.82) is 0 Å². The fraction of sp³-hybridized carbons (Fsp3) is 0.286. The second-order valence-corrected chi connectivity index (χ2v) is 7.11. The Morgan fingerprint density at radius 2 is 2.00 bits per heavy atom. The third-order valence-electron chi connectivity index (χ3n) is 5.57. The third kappa shape index (κ3) is 2.40. The van der Waals surface area contributed by atoms with Crippen molar-refractivity contribution in [2.24, 2.45) is 5.92 Å². The van der Waals surface area contributed by atoms with Crippen molar-refractivity contribution in [2.45, 2.75) is 25.3 Å². The largest absolute Gasteiger partial charge is 0.335 e. The topological polar surface area (TPSA) is 46.1 Å². The lowest BCUT2D eigenvalue weighted by atomic mass is 10.0. The Hall–Kier alpha value is -2.75. The van der Waals surface area contributed by atoms with E-state index in [1.54, 1.807) is 6.20 Å². The van der Waals surface area contributed by atoms with Crippen LogP contribution in [0.4, 0.5) is 0 Å². The first-order valence-electron chi connectivity index (χ1n) is 8.91. The average molecular weight is 329 g/mol. The van der Waals surface area contributed by atoms with E-state index >= 15 is 0 Å². The zero-order valence-corrected chi connectivity index (χ0v) is 13.9. The third-order valence-corrected chi connectivity index (χ3v) is 5.57. The van der Waals surface area contributed by atoms with Crippen molar-refractivity contribution < 1.29 is 4.79 Å². The number of fused-ring (bicyclic) bond motifs is 3. The Labute approximate surface area is 146 Å². The molecule has 5 rings (SSSR count). The molecule has 2 aromatic heterocycles. The second-order valence-electron chi connectivity index (χ2n) is 7.11.